The molecule has 4 N–H and O–H groups in total. The van der Waals surface area contributed by atoms with Crippen molar-refractivity contribution in [2.45, 2.75) is 44.5 Å². The van der Waals surface area contributed by atoms with Gasteiger partial charge in [0, 0.05) is 6.04 Å². The maximum Gasteiger partial charge on any atom is 0.303 e. The van der Waals surface area contributed by atoms with Crippen LogP contribution in [0.2, 0.25) is 6.32 Å². The summed E-state index contributed by atoms with van der Waals surface area (Å²) in [6.45, 7) is 0.386. The lowest BCUT2D eigenvalue weighted by atomic mass is 9.70. The van der Waals surface area contributed by atoms with Gasteiger partial charge >= 0.3 is 5.97 Å². The Hall–Kier alpha value is -1.04. The van der Waals surface area contributed by atoms with Gasteiger partial charge in [0.05, 0.1) is 14.3 Å². The highest BCUT2D eigenvalue weighted by Crippen LogP contribution is 2.38. The SMILES string of the molecule is [B]CC(=O)NC1CCC(CN)(CC(=O)O)CC1. The van der Waals surface area contributed by atoms with Crippen molar-refractivity contribution in [2.75, 3.05) is 6.54 Å². The molecule has 94 valence electrons. The molecule has 6 heteroatoms. The third-order valence-electron chi connectivity index (χ3n) is 3.56. The second-order valence-corrected chi connectivity index (χ2v) is 4.82. The summed E-state index contributed by atoms with van der Waals surface area (Å²) in [7, 11) is 5.22. The van der Waals surface area contributed by atoms with Gasteiger partial charge in [0.15, 0.2) is 0 Å². The first-order valence-corrected chi connectivity index (χ1v) is 5.92. The van der Waals surface area contributed by atoms with E-state index in [0.717, 1.165) is 25.7 Å². The number of carbonyl (C=O) groups excluding carboxylic acids is 1. The lowest BCUT2D eigenvalue weighted by Crippen LogP contribution is -2.43. The number of nitrogens with one attached hydrogen (secondary N) is 1. The fourth-order valence-electron chi connectivity index (χ4n) is 2.43. The maximum absolute atomic E-state index is 11.1. The maximum atomic E-state index is 11.1. The monoisotopic (exact) mass is 238 g/mol. The van der Waals surface area contributed by atoms with Gasteiger partial charge in [-0.15, -0.1) is 0 Å². The second kappa shape index (κ2) is 6.05. The van der Waals surface area contributed by atoms with E-state index < -0.39 is 5.97 Å². The van der Waals surface area contributed by atoms with E-state index in [1.807, 2.05) is 0 Å². The van der Waals surface area contributed by atoms with Crippen molar-refractivity contribution in [1.82, 2.24) is 5.32 Å². The molecule has 1 saturated carbocycles. The highest BCUT2D eigenvalue weighted by atomic mass is 16.4. The number of hydrogen-bond donors (Lipinski definition) is 3. The van der Waals surface area contributed by atoms with Crippen molar-refractivity contribution in [3.8, 4) is 0 Å². The zero-order chi connectivity index (χ0) is 12.9. The van der Waals surface area contributed by atoms with Crippen LogP contribution in [0.25, 0.3) is 0 Å². The fraction of sp³-hybridized carbons (Fsp3) is 0.818. The molecule has 0 atom stereocenters. The van der Waals surface area contributed by atoms with Gasteiger partial charge in [-0.05, 0) is 44.0 Å². The molecule has 0 unspecified atom stereocenters. The van der Waals surface area contributed by atoms with Crippen LogP contribution < -0.4 is 11.1 Å². The van der Waals surface area contributed by atoms with E-state index in [1.165, 1.54) is 0 Å². The lowest BCUT2D eigenvalue weighted by Gasteiger charge is -2.38. The molecule has 1 rings (SSSR count). The summed E-state index contributed by atoms with van der Waals surface area (Å²) in [5.41, 5.74) is 5.39. The number of aliphatic carboxylic acids is 1. The molecule has 0 saturated heterocycles. The number of amides is 1. The molecule has 1 amide bonds. The minimum Gasteiger partial charge on any atom is -0.481 e. The molecular formula is C11H19BN2O3. The van der Waals surface area contributed by atoms with Gasteiger partial charge in [0.25, 0.3) is 0 Å². The van der Waals surface area contributed by atoms with Crippen molar-refractivity contribution >= 4 is 19.7 Å². The summed E-state index contributed by atoms with van der Waals surface area (Å²) in [5.74, 6) is -0.964. The molecule has 1 fully saturated rings. The average Bonchev–Trinajstić information content (AvgIpc) is 2.31. The number of nitrogens with two attached hydrogens (primary N) is 1. The third-order valence-corrected chi connectivity index (χ3v) is 3.56. The fourth-order valence-corrected chi connectivity index (χ4v) is 2.43. The van der Waals surface area contributed by atoms with Gasteiger partial charge in [0.1, 0.15) is 0 Å². The third kappa shape index (κ3) is 4.04. The van der Waals surface area contributed by atoms with Crippen LogP contribution in [-0.2, 0) is 9.59 Å². The van der Waals surface area contributed by atoms with Gasteiger partial charge in [-0.3, -0.25) is 9.59 Å². The standard InChI is InChI=1S/C11H19BN2O3/c12-6-9(15)14-8-1-3-11(7-13,4-2-8)5-10(16)17/h8H,1-7,13H2,(H,14,15)(H,16,17). The van der Waals surface area contributed by atoms with Crippen LogP contribution in [0.3, 0.4) is 0 Å². The minimum absolute atomic E-state index is 0.00629. The van der Waals surface area contributed by atoms with Crippen LogP contribution in [0.15, 0.2) is 0 Å². The summed E-state index contributed by atoms with van der Waals surface area (Å²) in [4.78, 5) is 21.9. The lowest BCUT2D eigenvalue weighted by molar-refractivity contribution is -0.140. The van der Waals surface area contributed by atoms with Gasteiger partial charge in [-0.1, -0.05) is 0 Å². The Kier molecular flexibility index (Phi) is 4.99. The number of carbonyl (C=O) groups is 2. The molecule has 1 aliphatic carbocycles. The van der Waals surface area contributed by atoms with E-state index in [4.69, 9.17) is 18.7 Å². The van der Waals surface area contributed by atoms with E-state index in [0.29, 0.717) is 6.54 Å². The van der Waals surface area contributed by atoms with E-state index in [2.05, 4.69) is 5.32 Å². The largest absolute Gasteiger partial charge is 0.481 e. The van der Waals surface area contributed by atoms with E-state index in [9.17, 15) is 9.59 Å². The molecule has 0 aliphatic heterocycles. The van der Waals surface area contributed by atoms with Crippen LogP contribution >= 0.6 is 0 Å². The van der Waals surface area contributed by atoms with Crippen molar-refractivity contribution < 1.29 is 14.7 Å². The molecule has 0 spiro atoms. The first kappa shape index (κ1) is 14.0. The summed E-state index contributed by atoms with van der Waals surface area (Å²) in [5, 5.41) is 11.7. The number of hydrogen-bond acceptors (Lipinski definition) is 3. The number of carboxylic acid groups (broad SMARTS) is 1. The summed E-state index contributed by atoms with van der Waals surface area (Å²) in [6, 6.07) is 0.111. The topological polar surface area (TPSA) is 92.4 Å². The van der Waals surface area contributed by atoms with Crippen molar-refractivity contribution in [3.05, 3.63) is 0 Å². The second-order valence-electron chi connectivity index (χ2n) is 4.82. The van der Waals surface area contributed by atoms with Crippen molar-refractivity contribution in [1.29, 1.82) is 0 Å². The zero-order valence-electron chi connectivity index (χ0n) is 9.95. The highest BCUT2D eigenvalue weighted by molar-refractivity contribution is 6.19. The molecule has 17 heavy (non-hydrogen) atoms. The van der Waals surface area contributed by atoms with E-state index in [-0.39, 0.29) is 30.1 Å². The number of rotatable bonds is 5. The highest BCUT2D eigenvalue weighted by Gasteiger charge is 2.36. The minimum atomic E-state index is -0.806. The number of carboxylic acids is 1. The van der Waals surface area contributed by atoms with Crippen LogP contribution in [0.5, 0.6) is 0 Å². The van der Waals surface area contributed by atoms with Gasteiger partial charge in [0.2, 0.25) is 5.91 Å². The van der Waals surface area contributed by atoms with Gasteiger partial charge in [-0.2, -0.15) is 0 Å². The van der Waals surface area contributed by atoms with Crippen LogP contribution in [0, 0.1) is 5.41 Å². The molecule has 5 nitrogen and oxygen atoms in total. The first-order valence-electron chi connectivity index (χ1n) is 5.92. The van der Waals surface area contributed by atoms with Crippen molar-refractivity contribution in [2.24, 2.45) is 11.1 Å². The van der Waals surface area contributed by atoms with E-state index >= 15 is 0 Å². The van der Waals surface area contributed by atoms with E-state index in [1.54, 1.807) is 0 Å². The summed E-state index contributed by atoms with van der Waals surface area (Å²) < 4.78 is 0. The van der Waals surface area contributed by atoms with Crippen LogP contribution in [-0.4, -0.2) is 37.4 Å². The molecular weight excluding hydrogens is 219 g/mol. The molecule has 0 aromatic heterocycles. The predicted molar refractivity (Wildman–Crippen MR) is 64.7 cm³/mol. The molecule has 0 bridgehead atoms. The van der Waals surface area contributed by atoms with Crippen molar-refractivity contribution in [3.63, 3.8) is 0 Å². The van der Waals surface area contributed by atoms with Gasteiger partial charge in [-0.25, -0.2) is 0 Å². The molecule has 1 aliphatic rings. The zero-order valence-corrected chi connectivity index (χ0v) is 9.95. The predicted octanol–water partition coefficient (Wildman–Crippen LogP) is 0.0518. The Labute approximate surface area is 103 Å². The Bertz CT molecular complexity index is 288. The summed E-state index contributed by atoms with van der Waals surface area (Å²) >= 11 is 0. The molecule has 0 aromatic carbocycles. The molecule has 0 aromatic rings. The Balaban J connectivity index is 2.47. The molecule has 0 heterocycles. The van der Waals surface area contributed by atoms with Gasteiger partial charge < -0.3 is 16.2 Å². The summed E-state index contributed by atoms with van der Waals surface area (Å²) in [6.07, 6.45) is 3.14. The Morgan fingerprint density at radius 3 is 2.41 bits per heavy atom. The quantitative estimate of drug-likeness (QED) is 0.590. The normalized spacial score (nSPS) is 28.6. The Morgan fingerprint density at radius 2 is 2.00 bits per heavy atom. The Morgan fingerprint density at radius 1 is 1.41 bits per heavy atom. The average molecular weight is 238 g/mol. The van der Waals surface area contributed by atoms with Crippen LogP contribution in [0.1, 0.15) is 32.1 Å². The van der Waals surface area contributed by atoms with Crippen LogP contribution in [0.4, 0.5) is 0 Å². The smallest absolute Gasteiger partial charge is 0.303 e. The first-order chi connectivity index (χ1) is 8.01. The molecule has 2 radical (unpaired) electrons.